The van der Waals surface area contributed by atoms with Crippen LogP contribution in [0, 0.1) is 6.92 Å². The van der Waals surface area contributed by atoms with Crippen LogP contribution in [0.1, 0.15) is 15.9 Å². The summed E-state index contributed by atoms with van der Waals surface area (Å²) in [7, 11) is 0. The summed E-state index contributed by atoms with van der Waals surface area (Å²) in [5.41, 5.74) is 2.44. The zero-order chi connectivity index (χ0) is 9.42. The maximum absolute atomic E-state index is 10.6. The average Bonchev–Trinajstić information content (AvgIpc) is 2.47. The Kier molecular flexibility index (Phi) is 1.96. The molecule has 0 N–H and O–H groups in total. The molecule has 0 bridgehead atoms. The van der Waals surface area contributed by atoms with E-state index in [0.717, 1.165) is 27.3 Å². The molecule has 0 aliphatic carbocycles. The average molecular weight is 239 g/mol. The Morgan fingerprint density at radius 2 is 2.23 bits per heavy atom. The number of fused-ring (bicyclic) bond motifs is 1. The molecule has 0 aliphatic heterocycles. The van der Waals surface area contributed by atoms with Gasteiger partial charge in [-0.3, -0.25) is 4.79 Å². The van der Waals surface area contributed by atoms with Gasteiger partial charge in [0.25, 0.3) is 0 Å². The van der Waals surface area contributed by atoms with Crippen LogP contribution >= 0.6 is 15.9 Å². The molecule has 0 atom stereocenters. The van der Waals surface area contributed by atoms with Crippen molar-refractivity contribution in [1.82, 2.24) is 0 Å². The Labute approximate surface area is 83.7 Å². The van der Waals surface area contributed by atoms with Crippen molar-refractivity contribution in [2.75, 3.05) is 0 Å². The van der Waals surface area contributed by atoms with Gasteiger partial charge in [0.05, 0.1) is 6.26 Å². The van der Waals surface area contributed by atoms with Crippen molar-refractivity contribution in [1.29, 1.82) is 0 Å². The van der Waals surface area contributed by atoms with Crippen LogP contribution < -0.4 is 0 Å². The molecule has 1 aromatic heterocycles. The molecule has 3 heteroatoms. The van der Waals surface area contributed by atoms with E-state index in [4.69, 9.17) is 4.42 Å². The van der Waals surface area contributed by atoms with Gasteiger partial charge in [0.15, 0.2) is 6.29 Å². The van der Waals surface area contributed by atoms with Gasteiger partial charge in [0.2, 0.25) is 0 Å². The van der Waals surface area contributed by atoms with E-state index in [2.05, 4.69) is 15.9 Å². The number of benzene rings is 1. The first kappa shape index (κ1) is 8.51. The number of hydrogen-bond donors (Lipinski definition) is 0. The standard InChI is InChI=1S/C10H7BrO2/c1-6-5-13-10-2-7(4-12)9(11)3-8(6)10/h2-5H,1H3. The Morgan fingerprint density at radius 3 is 2.92 bits per heavy atom. The maximum atomic E-state index is 10.6. The van der Waals surface area contributed by atoms with Gasteiger partial charge in [0.1, 0.15) is 5.58 Å². The van der Waals surface area contributed by atoms with Crippen LogP contribution in [0.25, 0.3) is 11.0 Å². The van der Waals surface area contributed by atoms with Crippen molar-refractivity contribution in [2.45, 2.75) is 6.92 Å². The normalized spacial score (nSPS) is 10.6. The van der Waals surface area contributed by atoms with E-state index in [1.807, 2.05) is 13.0 Å². The molecule has 0 saturated heterocycles. The smallest absolute Gasteiger partial charge is 0.151 e. The topological polar surface area (TPSA) is 30.2 Å². The van der Waals surface area contributed by atoms with Gasteiger partial charge >= 0.3 is 0 Å². The van der Waals surface area contributed by atoms with Crippen LogP contribution in [0.4, 0.5) is 0 Å². The minimum atomic E-state index is 0.613. The van der Waals surface area contributed by atoms with Crippen LogP contribution in [0.2, 0.25) is 0 Å². The summed E-state index contributed by atoms with van der Waals surface area (Å²) in [5, 5.41) is 1.04. The van der Waals surface area contributed by atoms with E-state index in [9.17, 15) is 4.79 Å². The highest BCUT2D eigenvalue weighted by Crippen LogP contribution is 2.26. The lowest BCUT2D eigenvalue weighted by molar-refractivity contribution is 0.112. The molecule has 0 spiro atoms. The zero-order valence-corrected chi connectivity index (χ0v) is 8.59. The van der Waals surface area contributed by atoms with Crippen molar-refractivity contribution >= 4 is 33.2 Å². The van der Waals surface area contributed by atoms with E-state index in [0.29, 0.717) is 5.56 Å². The summed E-state index contributed by atoms with van der Waals surface area (Å²) in [6.45, 7) is 1.97. The first-order chi connectivity index (χ1) is 6.22. The molecule has 1 heterocycles. The van der Waals surface area contributed by atoms with E-state index in [-0.39, 0.29) is 0 Å². The van der Waals surface area contributed by atoms with Gasteiger partial charge in [-0.05, 0) is 24.6 Å². The molecule has 1 aromatic carbocycles. The molecule has 2 nitrogen and oxygen atoms in total. The predicted molar refractivity (Wildman–Crippen MR) is 54.0 cm³/mol. The summed E-state index contributed by atoms with van der Waals surface area (Å²) in [6, 6.07) is 3.64. The second-order valence-corrected chi connectivity index (χ2v) is 3.76. The fraction of sp³-hybridized carbons (Fsp3) is 0.100. The largest absolute Gasteiger partial charge is 0.464 e. The number of furan rings is 1. The molecular weight excluding hydrogens is 232 g/mol. The number of rotatable bonds is 1. The van der Waals surface area contributed by atoms with Crippen molar-refractivity contribution in [3.05, 3.63) is 34.0 Å². The fourth-order valence-electron chi connectivity index (χ4n) is 1.28. The summed E-state index contributed by atoms with van der Waals surface area (Å²) >= 11 is 3.32. The molecule has 0 saturated carbocycles. The number of carbonyl (C=O) groups is 1. The van der Waals surface area contributed by atoms with Gasteiger partial charge in [-0.1, -0.05) is 15.9 Å². The Morgan fingerprint density at radius 1 is 1.46 bits per heavy atom. The molecule has 2 rings (SSSR count). The third kappa shape index (κ3) is 1.29. The molecule has 66 valence electrons. The second-order valence-electron chi connectivity index (χ2n) is 2.91. The van der Waals surface area contributed by atoms with Gasteiger partial charge in [-0.2, -0.15) is 0 Å². The van der Waals surface area contributed by atoms with E-state index in [1.54, 1.807) is 12.3 Å². The minimum Gasteiger partial charge on any atom is -0.464 e. The van der Waals surface area contributed by atoms with Gasteiger partial charge in [-0.25, -0.2) is 0 Å². The number of hydrogen-bond acceptors (Lipinski definition) is 2. The van der Waals surface area contributed by atoms with Crippen molar-refractivity contribution in [2.24, 2.45) is 0 Å². The van der Waals surface area contributed by atoms with Gasteiger partial charge in [-0.15, -0.1) is 0 Å². The molecule has 0 unspecified atom stereocenters. The van der Waals surface area contributed by atoms with Crippen LogP contribution in [-0.2, 0) is 0 Å². The maximum Gasteiger partial charge on any atom is 0.151 e. The third-order valence-electron chi connectivity index (χ3n) is 2.01. The zero-order valence-electron chi connectivity index (χ0n) is 7.00. The molecule has 0 amide bonds. The summed E-state index contributed by atoms with van der Waals surface area (Å²) in [5.74, 6) is 0. The Hall–Kier alpha value is -1.09. The highest BCUT2D eigenvalue weighted by Gasteiger charge is 2.06. The molecule has 0 fully saturated rings. The highest BCUT2D eigenvalue weighted by atomic mass is 79.9. The molecular formula is C10H7BrO2. The molecule has 0 aliphatic rings. The molecule has 13 heavy (non-hydrogen) atoms. The quantitative estimate of drug-likeness (QED) is 0.714. The van der Waals surface area contributed by atoms with Crippen LogP contribution in [0.3, 0.4) is 0 Å². The van der Waals surface area contributed by atoms with Crippen LogP contribution in [0.15, 0.2) is 27.3 Å². The summed E-state index contributed by atoms with van der Waals surface area (Å²) < 4.78 is 6.07. The number of aryl methyl sites for hydroxylation is 1. The minimum absolute atomic E-state index is 0.613. The first-order valence-corrected chi connectivity index (χ1v) is 4.64. The SMILES string of the molecule is Cc1coc2cc(C=O)c(Br)cc12. The van der Waals surface area contributed by atoms with Crippen molar-refractivity contribution < 1.29 is 9.21 Å². The Balaban J connectivity index is 2.83. The van der Waals surface area contributed by atoms with E-state index in [1.165, 1.54) is 0 Å². The predicted octanol–water partition coefficient (Wildman–Crippen LogP) is 3.32. The van der Waals surface area contributed by atoms with Gasteiger partial charge in [0, 0.05) is 15.4 Å². The van der Waals surface area contributed by atoms with E-state index >= 15 is 0 Å². The van der Waals surface area contributed by atoms with Crippen LogP contribution in [-0.4, -0.2) is 6.29 Å². The Bertz CT molecular complexity index is 471. The lowest BCUT2D eigenvalue weighted by Crippen LogP contribution is -1.81. The molecule has 2 aromatic rings. The third-order valence-corrected chi connectivity index (χ3v) is 2.70. The monoisotopic (exact) mass is 238 g/mol. The van der Waals surface area contributed by atoms with Crippen molar-refractivity contribution in [3.63, 3.8) is 0 Å². The number of carbonyl (C=O) groups excluding carboxylic acids is 1. The lowest BCUT2D eigenvalue weighted by Gasteiger charge is -1.95. The second kappa shape index (κ2) is 3.00. The van der Waals surface area contributed by atoms with Crippen LogP contribution in [0.5, 0.6) is 0 Å². The molecule has 0 radical (unpaired) electrons. The summed E-state index contributed by atoms with van der Waals surface area (Å²) in [4.78, 5) is 10.6. The first-order valence-electron chi connectivity index (χ1n) is 3.85. The summed E-state index contributed by atoms with van der Waals surface area (Å²) in [6.07, 6.45) is 2.49. The number of aldehydes is 1. The number of halogens is 1. The van der Waals surface area contributed by atoms with E-state index < -0.39 is 0 Å². The fourth-order valence-corrected chi connectivity index (χ4v) is 1.72. The van der Waals surface area contributed by atoms with Crippen molar-refractivity contribution in [3.8, 4) is 0 Å². The van der Waals surface area contributed by atoms with Gasteiger partial charge < -0.3 is 4.42 Å². The highest BCUT2D eigenvalue weighted by molar-refractivity contribution is 9.10. The lowest BCUT2D eigenvalue weighted by atomic mass is 10.1.